The Morgan fingerprint density at radius 1 is 1.05 bits per heavy atom. The smallest absolute Gasteiger partial charge is 0.432 e. The van der Waals surface area contributed by atoms with Gasteiger partial charge in [-0.2, -0.15) is 0 Å². The number of benzene rings is 2. The van der Waals surface area contributed by atoms with Crippen LogP contribution in [0.4, 0.5) is 10.5 Å². The molecule has 4 heteroatoms. The van der Waals surface area contributed by atoms with Gasteiger partial charge in [0.05, 0.1) is 6.54 Å². The average Bonchev–Trinajstić information content (AvgIpc) is 2.56. The molecule has 0 saturated heterocycles. The van der Waals surface area contributed by atoms with Crippen LogP contribution in [0.2, 0.25) is 0 Å². The molecule has 0 amide bonds. The first-order valence-electron chi connectivity index (χ1n) is 7.38. The normalized spacial score (nSPS) is 10.1. The van der Waals surface area contributed by atoms with Crippen molar-refractivity contribution in [3.63, 3.8) is 0 Å². The predicted molar refractivity (Wildman–Crippen MR) is 87.5 cm³/mol. The van der Waals surface area contributed by atoms with E-state index in [0.717, 1.165) is 12.1 Å². The Labute approximate surface area is 131 Å². The number of aryl methyl sites for hydroxylation is 1. The maximum Gasteiger partial charge on any atom is 0.513 e. The van der Waals surface area contributed by atoms with E-state index < -0.39 is 6.16 Å². The van der Waals surface area contributed by atoms with Crippen LogP contribution < -0.4 is 9.64 Å². The van der Waals surface area contributed by atoms with Gasteiger partial charge in [-0.1, -0.05) is 37.3 Å². The average molecular weight is 299 g/mol. The summed E-state index contributed by atoms with van der Waals surface area (Å²) in [4.78, 5) is 13.6. The van der Waals surface area contributed by atoms with Gasteiger partial charge in [-0.25, -0.2) is 4.79 Å². The van der Waals surface area contributed by atoms with Crippen molar-refractivity contribution in [1.82, 2.24) is 0 Å². The monoisotopic (exact) mass is 299 g/mol. The highest BCUT2D eigenvalue weighted by Crippen LogP contribution is 2.13. The molecule has 0 aliphatic rings. The molecule has 2 aromatic carbocycles. The number of anilines is 1. The number of carbonyl (C=O) groups excluding carboxylic acids is 1. The number of hydrogen-bond donors (Lipinski definition) is 0. The summed E-state index contributed by atoms with van der Waals surface area (Å²) in [6, 6.07) is 17.3. The van der Waals surface area contributed by atoms with Crippen LogP contribution >= 0.6 is 0 Å². The Kier molecular flexibility index (Phi) is 5.83. The van der Waals surface area contributed by atoms with Gasteiger partial charge in [-0.05, 0) is 36.2 Å². The fourth-order valence-electron chi connectivity index (χ4n) is 2.00. The van der Waals surface area contributed by atoms with E-state index in [4.69, 9.17) is 9.47 Å². The zero-order valence-electron chi connectivity index (χ0n) is 13.0. The second-order valence-electron chi connectivity index (χ2n) is 4.96. The van der Waals surface area contributed by atoms with E-state index >= 15 is 0 Å². The van der Waals surface area contributed by atoms with E-state index in [0.29, 0.717) is 12.3 Å². The van der Waals surface area contributed by atoms with Crippen molar-refractivity contribution in [1.29, 1.82) is 0 Å². The number of rotatable bonds is 6. The number of nitrogens with zero attached hydrogens (tertiary/aromatic N) is 1. The topological polar surface area (TPSA) is 38.8 Å². The van der Waals surface area contributed by atoms with Crippen molar-refractivity contribution in [3.8, 4) is 5.75 Å². The largest absolute Gasteiger partial charge is 0.513 e. The van der Waals surface area contributed by atoms with Crippen molar-refractivity contribution in [2.75, 3.05) is 25.1 Å². The van der Waals surface area contributed by atoms with E-state index in [2.05, 4.69) is 6.92 Å². The molecular weight excluding hydrogens is 278 g/mol. The summed E-state index contributed by atoms with van der Waals surface area (Å²) >= 11 is 0. The summed E-state index contributed by atoms with van der Waals surface area (Å²) < 4.78 is 10.2. The number of para-hydroxylation sites is 1. The Morgan fingerprint density at radius 3 is 2.36 bits per heavy atom. The van der Waals surface area contributed by atoms with E-state index in [1.165, 1.54) is 5.56 Å². The summed E-state index contributed by atoms with van der Waals surface area (Å²) in [5, 5.41) is 0. The van der Waals surface area contributed by atoms with E-state index in [-0.39, 0.29) is 6.61 Å². The third kappa shape index (κ3) is 4.81. The molecule has 0 N–H and O–H groups in total. The molecule has 4 nitrogen and oxygen atoms in total. The summed E-state index contributed by atoms with van der Waals surface area (Å²) in [6.07, 6.45) is 0.280. The fourth-order valence-corrected chi connectivity index (χ4v) is 2.00. The minimum atomic E-state index is -0.675. The molecule has 0 bridgehead atoms. The molecule has 0 heterocycles. The summed E-state index contributed by atoms with van der Waals surface area (Å²) in [5.41, 5.74) is 2.28. The van der Waals surface area contributed by atoms with E-state index in [1.807, 2.05) is 54.4 Å². The Morgan fingerprint density at radius 2 is 1.73 bits per heavy atom. The van der Waals surface area contributed by atoms with Gasteiger partial charge >= 0.3 is 6.16 Å². The van der Waals surface area contributed by atoms with E-state index in [1.54, 1.807) is 12.1 Å². The maximum absolute atomic E-state index is 11.6. The van der Waals surface area contributed by atoms with Gasteiger partial charge in [0.2, 0.25) is 0 Å². The van der Waals surface area contributed by atoms with Crippen molar-refractivity contribution in [2.45, 2.75) is 13.3 Å². The third-order valence-corrected chi connectivity index (χ3v) is 3.38. The second kappa shape index (κ2) is 8.08. The molecule has 0 aliphatic carbocycles. The predicted octanol–water partition coefficient (Wildman–Crippen LogP) is 3.90. The van der Waals surface area contributed by atoms with Gasteiger partial charge in [-0.15, -0.1) is 0 Å². The molecule has 116 valence electrons. The van der Waals surface area contributed by atoms with Gasteiger partial charge in [0, 0.05) is 12.7 Å². The quantitative estimate of drug-likeness (QED) is 0.599. The summed E-state index contributed by atoms with van der Waals surface area (Å²) in [7, 11) is 1.95. The highest BCUT2D eigenvalue weighted by molar-refractivity contribution is 5.63. The van der Waals surface area contributed by atoms with Crippen molar-refractivity contribution in [2.24, 2.45) is 0 Å². The molecule has 0 aliphatic heterocycles. The van der Waals surface area contributed by atoms with Crippen molar-refractivity contribution in [3.05, 3.63) is 60.2 Å². The fraction of sp³-hybridized carbons (Fsp3) is 0.278. The number of hydrogen-bond acceptors (Lipinski definition) is 4. The van der Waals surface area contributed by atoms with Crippen LogP contribution in [0, 0.1) is 0 Å². The molecule has 0 fully saturated rings. The van der Waals surface area contributed by atoms with Crippen LogP contribution in [0.15, 0.2) is 54.6 Å². The van der Waals surface area contributed by atoms with Gasteiger partial charge in [0.15, 0.2) is 0 Å². The van der Waals surface area contributed by atoms with Crippen molar-refractivity contribution >= 4 is 11.8 Å². The van der Waals surface area contributed by atoms with Crippen LogP contribution in [0.25, 0.3) is 0 Å². The third-order valence-electron chi connectivity index (χ3n) is 3.38. The standard InChI is InChI=1S/C18H21NO3/c1-3-15-9-11-17(12-10-15)22-18(20)21-14-13-19(2)16-7-5-4-6-8-16/h4-12H,3,13-14H2,1-2H3. The molecule has 0 aromatic heterocycles. The second-order valence-corrected chi connectivity index (χ2v) is 4.96. The first-order chi connectivity index (χ1) is 10.7. The van der Waals surface area contributed by atoms with Crippen LogP contribution in [-0.2, 0) is 11.2 Å². The zero-order chi connectivity index (χ0) is 15.8. The Balaban J connectivity index is 1.73. The molecular formula is C18H21NO3. The highest BCUT2D eigenvalue weighted by atomic mass is 16.7. The maximum atomic E-state index is 11.6. The van der Waals surface area contributed by atoms with Crippen LogP contribution in [0.3, 0.4) is 0 Å². The van der Waals surface area contributed by atoms with Crippen LogP contribution in [0.1, 0.15) is 12.5 Å². The van der Waals surface area contributed by atoms with Gasteiger partial charge in [0.1, 0.15) is 12.4 Å². The lowest BCUT2D eigenvalue weighted by Gasteiger charge is -2.18. The van der Waals surface area contributed by atoms with Gasteiger partial charge in [-0.3, -0.25) is 0 Å². The number of ether oxygens (including phenoxy) is 2. The molecule has 22 heavy (non-hydrogen) atoms. The van der Waals surface area contributed by atoms with Gasteiger partial charge in [0.25, 0.3) is 0 Å². The zero-order valence-corrected chi connectivity index (χ0v) is 13.0. The lowest BCUT2D eigenvalue weighted by molar-refractivity contribution is 0.102. The lowest BCUT2D eigenvalue weighted by Crippen LogP contribution is -2.24. The van der Waals surface area contributed by atoms with E-state index in [9.17, 15) is 4.79 Å². The molecule has 0 spiro atoms. The molecule has 0 radical (unpaired) electrons. The molecule has 0 saturated carbocycles. The summed E-state index contributed by atoms with van der Waals surface area (Å²) in [5.74, 6) is 0.499. The van der Waals surface area contributed by atoms with Crippen LogP contribution in [0.5, 0.6) is 5.75 Å². The lowest BCUT2D eigenvalue weighted by atomic mass is 10.2. The molecule has 0 unspecified atom stereocenters. The molecule has 2 aromatic rings. The van der Waals surface area contributed by atoms with Gasteiger partial charge < -0.3 is 14.4 Å². The molecule has 0 atom stereocenters. The van der Waals surface area contributed by atoms with Crippen molar-refractivity contribution < 1.29 is 14.3 Å². The Hall–Kier alpha value is -2.49. The highest BCUT2D eigenvalue weighted by Gasteiger charge is 2.07. The number of likely N-dealkylation sites (N-methyl/N-ethyl adjacent to an activating group) is 1. The SMILES string of the molecule is CCc1ccc(OC(=O)OCCN(C)c2ccccc2)cc1. The minimum Gasteiger partial charge on any atom is -0.432 e. The first-order valence-corrected chi connectivity index (χ1v) is 7.38. The minimum absolute atomic E-state index is 0.275. The van der Waals surface area contributed by atoms with Crippen LogP contribution in [-0.4, -0.2) is 26.4 Å². The first kappa shape index (κ1) is 15.9. The molecule has 2 rings (SSSR count). The number of carbonyl (C=O) groups is 1. The summed E-state index contributed by atoms with van der Waals surface area (Å²) in [6.45, 7) is 2.96. The Bertz CT molecular complexity index is 581.